The van der Waals surface area contributed by atoms with E-state index >= 15 is 0 Å². The van der Waals surface area contributed by atoms with Crippen LogP contribution in [-0.2, 0) is 11.2 Å². The van der Waals surface area contributed by atoms with Gasteiger partial charge < -0.3 is 14.6 Å². The van der Waals surface area contributed by atoms with E-state index < -0.39 is 12.6 Å². The lowest BCUT2D eigenvalue weighted by Gasteiger charge is -2.10. The van der Waals surface area contributed by atoms with Crippen molar-refractivity contribution in [1.82, 2.24) is 0 Å². The fourth-order valence-electron chi connectivity index (χ4n) is 2.60. The molecule has 0 unspecified atom stereocenters. The molecule has 0 fully saturated rings. The van der Waals surface area contributed by atoms with Crippen molar-refractivity contribution in [2.75, 3.05) is 6.61 Å². The minimum absolute atomic E-state index is 0.419. The van der Waals surface area contributed by atoms with E-state index in [1.807, 2.05) is 54.6 Å². The Labute approximate surface area is 156 Å². The summed E-state index contributed by atoms with van der Waals surface area (Å²) in [5, 5.41) is 8.72. The Morgan fingerprint density at radius 2 is 1.56 bits per heavy atom. The maximum atomic E-state index is 11.3. The Kier molecular flexibility index (Phi) is 5.84. The normalized spacial score (nSPS) is 10.2. The second kappa shape index (κ2) is 8.67. The van der Waals surface area contributed by atoms with Gasteiger partial charge in [-0.3, -0.25) is 4.79 Å². The SMILES string of the molecule is O=Cc1ccc(OCC(=O)O)cc1Cc1ccc(Oc2ccccc2)cc1. The second-order valence-electron chi connectivity index (χ2n) is 5.90. The highest BCUT2D eigenvalue weighted by Gasteiger charge is 2.07. The summed E-state index contributed by atoms with van der Waals surface area (Å²) < 4.78 is 11.0. The number of carboxylic acids is 1. The third kappa shape index (κ3) is 5.19. The first-order valence-corrected chi connectivity index (χ1v) is 8.38. The number of aldehydes is 1. The molecule has 0 spiro atoms. The van der Waals surface area contributed by atoms with Gasteiger partial charge in [-0.15, -0.1) is 0 Å². The van der Waals surface area contributed by atoms with E-state index in [9.17, 15) is 9.59 Å². The van der Waals surface area contributed by atoms with Crippen molar-refractivity contribution in [2.24, 2.45) is 0 Å². The highest BCUT2D eigenvalue weighted by Crippen LogP contribution is 2.24. The molecular formula is C22H18O5. The van der Waals surface area contributed by atoms with Crippen LogP contribution in [-0.4, -0.2) is 24.0 Å². The van der Waals surface area contributed by atoms with Gasteiger partial charge in [0.15, 0.2) is 6.61 Å². The number of benzene rings is 3. The summed E-state index contributed by atoms with van der Waals surface area (Å²) in [4.78, 5) is 21.9. The maximum Gasteiger partial charge on any atom is 0.341 e. The van der Waals surface area contributed by atoms with Crippen molar-refractivity contribution in [2.45, 2.75) is 6.42 Å². The predicted molar refractivity (Wildman–Crippen MR) is 101 cm³/mol. The van der Waals surface area contributed by atoms with E-state index in [0.29, 0.717) is 17.7 Å². The van der Waals surface area contributed by atoms with E-state index in [-0.39, 0.29) is 0 Å². The highest BCUT2D eigenvalue weighted by atomic mass is 16.5. The molecule has 0 saturated carbocycles. The van der Waals surface area contributed by atoms with Gasteiger partial charge in [0.2, 0.25) is 0 Å². The zero-order valence-corrected chi connectivity index (χ0v) is 14.5. The molecule has 0 saturated heterocycles. The quantitative estimate of drug-likeness (QED) is 0.603. The third-order valence-electron chi connectivity index (χ3n) is 3.90. The third-order valence-corrected chi connectivity index (χ3v) is 3.90. The van der Waals surface area contributed by atoms with Crippen LogP contribution in [0.2, 0.25) is 0 Å². The zero-order valence-electron chi connectivity index (χ0n) is 14.5. The van der Waals surface area contributed by atoms with E-state index in [1.165, 1.54) is 0 Å². The van der Waals surface area contributed by atoms with Crippen LogP contribution < -0.4 is 9.47 Å². The van der Waals surface area contributed by atoms with Crippen molar-refractivity contribution in [3.8, 4) is 17.2 Å². The molecule has 0 aliphatic rings. The van der Waals surface area contributed by atoms with Crippen LogP contribution in [0, 0.1) is 0 Å². The molecule has 0 aromatic heterocycles. The minimum atomic E-state index is -1.05. The van der Waals surface area contributed by atoms with Gasteiger partial charge in [0.1, 0.15) is 23.5 Å². The second-order valence-corrected chi connectivity index (χ2v) is 5.90. The molecule has 3 aromatic rings. The number of carbonyl (C=O) groups is 2. The van der Waals surface area contributed by atoms with Gasteiger partial charge in [0.25, 0.3) is 0 Å². The Morgan fingerprint density at radius 3 is 2.22 bits per heavy atom. The smallest absolute Gasteiger partial charge is 0.341 e. The van der Waals surface area contributed by atoms with Gasteiger partial charge in [-0.2, -0.15) is 0 Å². The predicted octanol–water partition coefficient (Wildman–Crippen LogP) is 4.35. The van der Waals surface area contributed by atoms with Crippen molar-refractivity contribution in [1.29, 1.82) is 0 Å². The largest absolute Gasteiger partial charge is 0.482 e. The molecule has 0 aliphatic carbocycles. The average Bonchev–Trinajstić information content (AvgIpc) is 2.69. The van der Waals surface area contributed by atoms with Crippen LogP contribution in [0.25, 0.3) is 0 Å². The molecular weight excluding hydrogens is 344 g/mol. The van der Waals surface area contributed by atoms with Gasteiger partial charge in [-0.1, -0.05) is 30.3 Å². The maximum absolute atomic E-state index is 11.3. The molecule has 0 radical (unpaired) electrons. The number of carbonyl (C=O) groups excluding carboxylic acids is 1. The molecule has 5 nitrogen and oxygen atoms in total. The van der Waals surface area contributed by atoms with Crippen LogP contribution >= 0.6 is 0 Å². The van der Waals surface area contributed by atoms with Crippen molar-refractivity contribution in [3.63, 3.8) is 0 Å². The van der Waals surface area contributed by atoms with Gasteiger partial charge in [0.05, 0.1) is 0 Å². The van der Waals surface area contributed by atoms with E-state index in [1.54, 1.807) is 18.2 Å². The zero-order chi connectivity index (χ0) is 19.1. The topological polar surface area (TPSA) is 72.8 Å². The van der Waals surface area contributed by atoms with Crippen molar-refractivity contribution < 1.29 is 24.2 Å². The van der Waals surface area contributed by atoms with Crippen molar-refractivity contribution in [3.05, 3.63) is 89.5 Å². The number of hydrogen-bond acceptors (Lipinski definition) is 4. The number of carboxylic acid groups (broad SMARTS) is 1. The van der Waals surface area contributed by atoms with E-state index in [2.05, 4.69) is 0 Å². The number of hydrogen-bond donors (Lipinski definition) is 1. The summed E-state index contributed by atoms with van der Waals surface area (Å²) in [6.07, 6.45) is 1.30. The lowest BCUT2D eigenvalue weighted by Crippen LogP contribution is -2.09. The summed E-state index contributed by atoms with van der Waals surface area (Å²) >= 11 is 0. The minimum Gasteiger partial charge on any atom is -0.482 e. The molecule has 0 atom stereocenters. The summed E-state index contributed by atoms with van der Waals surface area (Å²) in [6.45, 7) is -0.425. The number of para-hydroxylation sites is 1. The lowest BCUT2D eigenvalue weighted by molar-refractivity contribution is -0.139. The molecule has 0 amide bonds. The molecule has 3 aromatic carbocycles. The van der Waals surface area contributed by atoms with Gasteiger partial charge >= 0.3 is 5.97 Å². The molecule has 3 rings (SSSR count). The Morgan fingerprint density at radius 1 is 0.889 bits per heavy atom. The van der Waals surface area contributed by atoms with Crippen LogP contribution in [0.5, 0.6) is 17.2 Å². The van der Waals surface area contributed by atoms with Crippen LogP contribution in [0.1, 0.15) is 21.5 Å². The summed E-state index contributed by atoms with van der Waals surface area (Å²) in [5.74, 6) is 0.850. The molecule has 5 heteroatoms. The highest BCUT2D eigenvalue weighted by molar-refractivity contribution is 5.78. The molecule has 0 heterocycles. The number of aliphatic carboxylic acids is 1. The van der Waals surface area contributed by atoms with E-state index in [4.69, 9.17) is 14.6 Å². The summed E-state index contributed by atoms with van der Waals surface area (Å²) in [6, 6.07) is 22.0. The van der Waals surface area contributed by atoms with Gasteiger partial charge in [-0.25, -0.2) is 4.79 Å². The Bertz CT molecular complexity index is 917. The van der Waals surface area contributed by atoms with Gasteiger partial charge in [0, 0.05) is 5.56 Å². The van der Waals surface area contributed by atoms with Crippen LogP contribution in [0.3, 0.4) is 0 Å². The monoisotopic (exact) mass is 362 g/mol. The lowest BCUT2D eigenvalue weighted by atomic mass is 10.00. The number of rotatable bonds is 8. The first-order chi connectivity index (χ1) is 13.1. The molecule has 1 N–H and O–H groups in total. The fourth-order valence-corrected chi connectivity index (χ4v) is 2.60. The average molecular weight is 362 g/mol. The Hall–Kier alpha value is -3.60. The first-order valence-electron chi connectivity index (χ1n) is 8.38. The van der Waals surface area contributed by atoms with E-state index in [0.717, 1.165) is 28.9 Å². The van der Waals surface area contributed by atoms with Crippen molar-refractivity contribution >= 4 is 12.3 Å². The summed E-state index contributed by atoms with van der Waals surface area (Å²) in [7, 11) is 0. The van der Waals surface area contributed by atoms with Crippen LogP contribution in [0.4, 0.5) is 0 Å². The Balaban J connectivity index is 1.73. The van der Waals surface area contributed by atoms with Crippen LogP contribution in [0.15, 0.2) is 72.8 Å². The van der Waals surface area contributed by atoms with Gasteiger partial charge in [-0.05, 0) is 60.0 Å². The first kappa shape index (κ1) is 18.2. The number of ether oxygens (including phenoxy) is 2. The molecule has 0 bridgehead atoms. The molecule has 136 valence electrons. The fraction of sp³-hybridized carbons (Fsp3) is 0.0909. The molecule has 0 aliphatic heterocycles. The molecule has 27 heavy (non-hydrogen) atoms. The standard InChI is InChI=1S/C22H18O5/c23-14-17-8-11-21(26-15-22(24)25)13-18(17)12-16-6-9-20(10-7-16)27-19-4-2-1-3-5-19/h1-11,13-14H,12,15H2,(H,24,25). The summed E-state index contributed by atoms with van der Waals surface area (Å²) in [5.41, 5.74) is 2.31.